The van der Waals surface area contributed by atoms with Crippen molar-refractivity contribution >= 4 is 11.6 Å². The predicted octanol–water partition coefficient (Wildman–Crippen LogP) is 2.67. The number of ether oxygens (including phenoxy) is 2. The van der Waals surface area contributed by atoms with Crippen molar-refractivity contribution in [2.75, 3.05) is 13.2 Å². The highest BCUT2D eigenvalue weighted by Gasteiger charge is 2.36. The van der Waals surface area contributed by atoms with Gasteiger partial charge in [-0.1, -0.05) is 0 Å². The summed E-state index contributed by atoms with van der Waals surface area (Å²) in [6, 6.07) is 5.68. The molecule has 1 aliphatic carbocycles. The van der Waals surface area contributed by atoms with Gasteiger partial charge in [-0.2, -0.15) is 0 Å². The molecule has 0 amide bonds. The van der Waals surface area contributed by atoms with Crippen molar-refractivity contribution in [3.8, 4) is 23.0 Å². The van der Waals surface area contributed by atoms with Gasteiger partial charge in [0.15, 0.2) is 34.6 Å². The van der Waals surface area contributed by atoms with Crippen molar-refractivity contribution in [2.24, 2.45) is 0 Å². The minimum Gasteiger partial charge on any atom is -0.504 e. The summed E-state index contributed by atoms with van der Waals surface area (Å²) in [5, 5.41) is 20.6. The topological polar surface area (TPSA) is 93.1 Å². The Bertz CT molecular complexity index is 782. The van der Waals surface area contributed by atoms with Gasteiger partial charge in [0.25, 0.3) is 0 Å². The number of rotatable bonds is 4. The summed E-state index contributed by atoms with van der Waals surface area (Å²) in [4.78, 5) is 25.5. The highest BCUT2D eigenvalue weighted by Crippen LogP contribution is 2.43. The van der Waals surface area contributed by atoms with Crippen molar-refractivity contribution in [3.63, 3.8) is 0 Å². The smallest absolute Gasteiger partial charge is 0.198 e. The molecule has 0 saturated carbocycles. The summed E-state index contributed by atoms with van der Waals surface area (Å²) >= 11 is 0. The summed E-state index contributed by atoms with van der Waals surface area (Å²) < 4.78 is 10.5. The first kappa shape index (κ1) is 15.9. The zero-order chi connectivity index (χ0) is 17.4. The number of hydrogen-bond donors (Lipinski definition) is 2. The largest absolute Gasteiger partial charge is 0.504 e. The number of ketones is 2. The van der Waals surface area contributed by atoms with E-state index >= 15 is 0 Å². The van der Waals surface area contributed by atoms with Crippen molar-refractivity contribution < 1.29 is 29.3 Å². The number of fused-ring (bicyclic) bond motifs is 2. The van der Waals surface area contributed by atoms with Gasteiger partial charge in [0, 0.05) is 11.1 Å². The molecular weight excluding hydrogens is 312 g/mol. The fourth-order valence-electron chi connectivity index (χ4n) is 2.80. The lowest BCUT2D eigenvalue weighted by Crippen LogP contribution is -2.21. The van der Waals surface area contributed by atoms with E-state index in [4.69, 9.17) is 9.47 Å². The van der Waals surface area contributed by atoms with E-state index in [-0.39, 0.29) is 45.3 Å². The molecule has 124 valence electrons. The van der Waals surface area contributed by atoms with Gasteiger partial charge in [-0.05, 0) is 38.1 Å². The van der Waals surface area contributed by atoms with Crippen LogP contribution in [-0.2, 0) is 0 Å². The van der Waals surface area contributed by atoms with Crippen LogP contribution in [0, 0.1) is 0 Å². The Hall–Kier alpha value is -3.02. The summed E-state index contributed by atoms with van der Waals surface area (Å²) in [7, 11) is 0. The molecule has 0 radical (unpaired) electrons. The Morgan fingerprint density at radius 1 is 0.750 bits per heavy atom. The van der Waals surface area contributed by atoms with Crippen LogP contribution in [0.4, 0.5) is 0 Å². The van der Waals surface area contributed by atoms with Gasteiger partial charge in [0.1, 0.15) is 0 Å². The summed E-state index contributed by atoms with van der Waals surface area (Å²) in [5.41, 5.74) is -0.168. The lowest BCUT2D eigenvalue weighted by atomic mass is 9.82. The molecule has 2 aromatic rings. The van der Waals surface area contributed by atoms with E-state index in [0.717, 1.165) is 0 Å². The number of carbonyl (C=O) groups is 2. The molecule has 0 unspecified atom stereocenters. The SMILES string of the molecule is CCOc1ccc2c(c1O)C(=O)c1ccc(OCC)c(O)c1C2=O. The average Bonchev–Trinajstić information content (AvgIpc) is 2.56. The minimum atomic E-state index is -0.544. The molecule has 0 bridgehead atoms. The third-order valence-electron chi connectivity index (χ3n) is 3.82. The Kier molecular flexibility index (Phi) is 3.89. The van der Waals surface area contributed by atoms with Crippen LogP contribution in [0.15, 0.2) is 24.3 Å². The fourth-order valence-corrected chi connectivity index (χ4v) is 2.80. The maximum absolute atomic E-state index is 12.7. The van der Waals surface area contributed by atoms with E-state index in [2.05, 4.69) is 0 Å². The van der Waals surface area contributed by atoms with Crippen molar-refractivity contribution in [2.45, 2.75) is 13.8 Å². The first-order valence-corrected chi connectivity index (χ1v) is 7.58. The van der Waals surface area contributed by atoms with E-state index in [0.29, 0.717) is 13.2 Å². The van der Waals surface area contributed by atoms with Crippen LogP contribution in [0.25, 0.3) is 0 Å². The second kappa shape index (κ2) is 5.88. The van der Waals surface area contributed by atoms with Crippen LogP contribution >= 0.6 is 0 Å². The summed E-state index contributed by atoms with van der Waals surface area (Å²) in [5.74, 6) is -1.56. The molecule has 2 N–H and O–H groups in total. The van der Waals surface area contributed by atoms with Crippen LogP contribution in [0.3, 0.4) is 0 Å². The second-order valence-corrected chi connectivity index (χ2v) is 5.19. The Labute approximate surface area is 138 Å². The highest BCUT2D eigenvalue weighted by atomic mass is 16.5. The van der Waals surface area contributed by atoms with Gasteiger partial charge in [-0.3, -0.25) is 9.59 Å². The van der Waals surface area contributed by atoms with Gasteiger partial charge < -0.3 is 19.7 Å². The van der Waals surface area contributed by atoms with Crippen molar-refractivity contribution in [3.05, 3.63) is 46.5 Å². The first-order valence-electron chi connectivity index (χ1n) is 7.58. The number of benzene rings is 2. The number of carbonyl (C=O) groups excluding carboxylic acids is 2. The lowest BCUT2D eigenvalue weighted by molar-refractivity contribution is 0.0973. The summed E-state index contributed by atoms with van der Waals surface area (Å²) in [6.45, 7) is 4.11. The molecule has 6 nitrogen and oxygen atoms in total. The molecule has 0 spiro atoms. The number of aromatic hydroxyl groups is 2. The van der Waals surface area contributed by atoms with E-state index in [1.165, 1.54) is 24.3 Å². The van der Waals surface area contributed by atoms with Crippen molar-refractivity contribution in [1.82, 2.24) is 0 Å². The average molecular weight is 328 g/mol. The molecule has 0 aliphatic heterocycles. The van der Waals surface area contributed by atoms with Crippen LogP contribution in [-0.4, -0.2) is 35.0 Å². The van der Waals surface area contributed by atoms with Crippen LogP contribution < -0.4 is 9.47 Å². The third-order valence-corrected chi connectivity index (χ3v) is 3.82. The normalized spacial score (nSPS) is 12.6. The summed E-state index contributed by atoms with van der Waals surface area (Å²) in [6.07, 6.45) is 0. The molecule has 1 aliphatic rings. The van der Waals surface area contributed by atoms with Gasteiger partial charge in [-0.15, -0.1) is 0 Å². The molecule has 0 fully saturated rings. The number of hydrogen-bond acceptors (Lipinski definition) is 6. The van der Waals surface area contributed by atoms with E-state index < -0.39 is 11.6 Å². The zero-order valence-corrected chi connectivity index (χ0v) is 13.3. The second-order valence-electron chi connectivity index (χ2n) is 5.19. The molecule has 6 heteroatoms. The zero-order valence-electron chi connectivity index (χ0n) is 13.3. The molecule has 0 atom stereocenters. The molecule has 24 heavy (non-hydrogen) atoms. The maximum Gasteiger partial charge on any atom is 0.198 e. The van der Waals surface area contributed by atoms with E-state index in [1.54, 1.807) is 13.8 Å². The Morgan fingerprint density at radius 2 is 1.12 bits per heavy atom. The Balaban J connectivity index is 2.22. The van der Waals surface area contributed by atoms with Crippen LogP contribution in [0.5, 0.6) is 23.0 Å². The fraction of sp³-hybridized carbons (Fsp3) is 0.222. The first-order chi connectivity index (χ1) is 11.5. The van der Waals surface area contributed by atoms with Crippen molar-refractivity contribution in [1.29, 1.82) is 0 Å². The number of phenolic OH excluding ortho intramolecular Hbond substituents is 2. The number of phenols is 2. The minimum absolute atomic E-state index is 0.0254. The third kappa shape index (κ3) is 2.19. The van der Waals surface area contributed by atoms with Gasteiger partial charge in [0.05, 0.1) is 24.3 Å². The van der Waals surface area contributed by atoms with Gasteiger partial charge in [-0.25, -0.2) is 0 Å². The quantitative estimate of drug-likeness (QED) is 0.765. The maximum atomic E-state index is 12.7. The van der Waals surface area contributed by atoms with Gasteiger partial charge in [0.2, 0.25) is 0 Å². The molecule has 0 saturated heterocycles. The molecule has 2 aromatic carbocycles. The van der Waals surface area contributed by atoms with Crippen LogP contribution in [0.2, 0.25) is 0 Å². The molecule has 0 aromatic heterocycles. The highest BCUT2D eigenvalue weighted by molar-refractivity contribution is 6.30. The van der Waals surface area contributed by atoms with Crippen LogP contribution in [0.1, 0.15) is 45.7 Å². The molecule has 3 rings (SSSR count). The van der Waals surface area contributed by atoms with Gasteiger partial charge >= 0.3 is 0 Å². The predicted molar refractivity (Wildman–Crippen MR) is 85.4 cm³/mol. The van der Waals surface area contributed by atoms with E-state index in [9.17, 15) is 19.8 Å². The standard InChI is InChI=1S/C18H16O6/c1-3-23-11-7-5-9-13(17(11)21)15(19)10-6-8-12(24-4-2)18(22)14(10)16(9)20/h5-8,21-22H,3-4H2,1-2H3. The monoisotopic (exact) mass is 328 g/mol. The van der Waals surface area contributed by atoms with E-state index in [1.807, 2.05) is 0 Å². The lowest BCUT2D eigenvalue weighted by Gasteiger charge is -2.21. The molecule has 0 heterocycles. The molecular formula is C18H16O6. The Morgan fingerprint density at radius 3 is 1.46 bits per heavy atom.